The number of nitrogens with one attached hydrogen (secondary N) is 2. The van der Waals surface area contributed by atoms with E-state index in [4.69, 9.17) is 0 Å². The average molecular weight is 408 g/mol. The van der Waals surface area contributed by atoms with Crippen LogP contribution in [0.5, 0.6) is 0 Å². The van der Waals surface area contributed by atoms with Crippen LogP contribution in [0, 0.1) is 5.92 Å². The highest BCUT2D eigenvalue weighted by Crippen LogP contribution is 2.31. The standard InChI is InChI=1S/C20H29N3O4S/c1-3-14(2)22-28(26,27)18-8-6-15(7-9-18)19(24)21-17-10-12-23(13-11-17)20(25)16-4-5-16/h6-9,14,16-17,22H,3-5,10-13H2,1-2H3,(H,21,24). The van der Waals surface area contributed by atoms with Crippen molar-refractivity contribution in [3.63, 3.8) is 0 Å². The zero-order valence-electron chi connectivity index (χ0n) is 16.5. The van der Waals surface area contributed by atoms with Crippen LogP contribution in [0.3, 0.4) is 0 Å². The number of likely N-dealkylation sites (tertiary alicyclic amines) is 1. The van der Waals surface area contributed by atoms with Crippen molar-refractivity contribution >= 4 is 21.8 Å². The van der Waals surface area contributed by atoms with Gasteiger partial charge in [0.15, 0.2) is 0 Å². The maximum absolute atomic E-state index is 12.5. The molecule has 7 nitrogen and oxygen atoms in total. The van der Waals surface area contributed by atoms with E-state index in [1.165, 1.54) is 24.3 Å². The Hall–Kier alpha value is -1.93. The van der Waals surface area contributed by atoms with Gasteiger partial charge < -0.3 is 10.2 Å². The van der Waals surface area contributed by atoms with Gasteiger partial charge in [-0.3, -0.25) is 9.59 Å². The van der Waals surface area contributed by atoms with Crippen LogP contribution in [0.1, 0.15) is 56.3 Å². The van der Waals surface area contributed by atoms with Gasteiger partial charge in [0.05, 0.1) is 4.90 Å². The van der Waals surface area contributed by atoms with Crippen molar-refractivity contribution in [2.24, 2.45) is 5.92 Å². The second kappa shape index (κ2) is 8.61. The molecule has 0 spiro atoms. The molecule has 1 saturated carbocycles. The molecular formula is C20H29N3O4S. The summed E-state index contributed by atoms with van der Waals surface area (Å²) in [5.41, 5.74) is 0.430. The molecule has 0 bridgehead atoms. The van der Waals surface area contributed by atoms with Crippen LogP contribution < -0.4 is 10.0 Å². The molecule has 154 valence electrons. The van der Waals surface area contributed by atoms with Gasteiger partial charge >= 0.3 is 0 Å². The van der Waals surface area contributed by atoms with Crippen molar-refractivity contribution < 1.29 is 18.0 Å². The normalized spacial score (nSPS) is 19.3. The highest BCUT2D eigenvalue weighted by atomic mass is 32.2. The van der Waals surface area contributed by atoms with Crippen LogP contribution in [-0.4, -0.2) is 50.3 Å². The van der Waals surface area contributed by atoms with E-state index in [0.717, 1.165) is 25.7 Å². The number of piperidine rings is 1. The van der Waals surface area contributed by atoms with E-state index in [9.17, 15) is 18.0 Å². The summed E-state index contributed by atoms with van der Waals surface area (Å²) in [6, 6.07) is 5.86. The zero-order chi connectivity index (χ0) is 20.3. The molecule has 0 aromatic heterocycles. The lowest BCUT2D eigenvalue weighted by molar-refractivity contribution is -0.133. The lowest BCUT2D eigenvalue weighted by Gasteiger charge is -2.32. The van der Waals surface area contributed by atoms with Crippen LogP contribution >= 0.6 is 0 Å². The number of amides is 2. The largest absolute Gasteiger partial charge is 0.349 e. The van der Waals surface area contributed by atoms with E-state index in [2.05, 4.69) is 10.0 Å². The third-order valence-electron chi connectivity index (χ3n) is 5.46. The van der Waals surface area contributed by atoms with Gasteiger partial charge in [0.2, 0.25) is 15.9 Å². The molecule has 1 unspecified atom stereocenters. The summed E-state index contributed by atoms with van der Waals surface area (Å²) in [7, 11) is -3.58. The van der Waals surface area contributed by atoms with Gasteiger partial charge in [-0.2, -0.15) is 0 Å². The maximum Gasteiger partial charge on any atom is 0.251 e. The predicted molar refractivity (Wildman–Crippen MR) is 106 cm³/mol. The number of benzene rings is 1. The van der Waals surface area contributed by atoms with E-state index in [1.807, 2.05) is 18.7 Å². The molecule has 2 aliphatic rings. The number of carbonyl (C=O) groups is 2. The fraction of sp³-hybridized carbons (Fsp3) is 0.600. The minimum absolute atomic E-state index is 0.0335. The first-order chi connectivity index (χ1) is 13.3. The molecule has 8 heteroatoms. The van der Waals surface area contributed by atoms with Gasteiger partial charge in [0.1, 0.15) is 0 Å². The third-order valence-corrected chi connectivity index (χ3v) is 7.07. The second-order valence-electron chi connectivity index (χ2n) is 7.80. The number of hydrogen-bond acceptors (Lipinski definition) is 4. The Morgan fingerprint density at radius 1 is 1.11 bits per heavy atom. The molecule has 3 rings (SSSR count). The summed E-state index contributed by atoms with van der Waals surface area (Å²) in [6.07, 6.45) is 4.21. The van der Waals surface area contributed by atoms with E-state index >= 15 is 0 Å². The molecule has 0 radical (unpaired) electrons. The van der Waals surface area contributed by atoms with Gasteiger partial charge in [-0.05, 0) is 63.3 Å². The first-order valence-electron chi connectivity index (χ1n) is 10.0. The lowest BCUT2D eigenvalue weighted by Crippen LogP contribution is -2.47. The summed E-state index contributed by atoms with van der Waals surface area (Å²) >= 11 is 0. The molecule has 1 saturated heterocycles. The van der Waals surface area contributed by atoms with Crippen LogP contribution in [0.4, 0.5) is 0 Å². The van der Waals surface area contributed by atoms with Gasteiger partial charge in [-0.1, -0.05) is 6.92 Å². The monoisotopic (exact) mass is 407 g/mol. The highest BCUT2D eigenvalue weighted by Gasteiger charge is 2.35. The number of carbonyl (C=O) groups excluding carboxylic acids is 2. The molecule has 1 atom stereocenters. The number of nitrogens with zero attached hydrogens (tertiary/aromatic N) is 1. The fourth-order valence-corrected chi connectivity index (χ4v) is 4.63. The minimum atomic E-state index is -3.58. The molecule has 1 aliphatic heterocycles. The maximum atomic E-state index is 12.5. The van der Waals surface area contributed by atoms with Crippen LogP contribution in [0.15, 0.2) is 29.2 Å². The van der Waals surface area contributed by atoms with Gasteiger partial charge in [0, 0.05) is 36.7 Å². The van der Waals surface area contributed by atoms with Crippen LogP contribution in [-0.2, 0) is 14.8 Å². The zero-order valence-corrected chi connectivity index (χ0v) is 17.3. The first-order valence-corrected chi connectivity index (χ1v) is 11.5. The lowest BCUT2D eigenvalue weighted by atomic mass is 10.0. The number of hydrogen-bond donors (Lipinski definition) is 2. The van der Waals surface area contributed by atoms with E-state index in [-0.39, 0.29) is 34.7 Å². The molecule has 1 aliphatic carbocycles. The summed E-state index contributed by atoms with van der Waals surface area (Å²) in [6.45, 7) is 5.08. The summed E-state index contributed by atoms with van der Waals surface area (Å²) < 4.78 is 27.2. The molecule has 2 N–H and O–H groups in total. The van der Waals surface area contributed by atoms with Crippen LogP contribution in [0.25, 0.3) is 0 Å². The Morgan fingerprint density at radius 3 is 2.25 bits per heavy atom. The Kier molecular flexibility index (Phi) is 6.40. The van der Waals surface area contributed by atoms with Crippen LogP contribution in [0.2, 0.25) is 0 Å². The molecule has 1 aromatic rings. The van der Waals surface area contributed by atoms with Gasteiger partial charge in [-0.25, -0.2) is 13.1 Å². The summed E-state index contributed by atoms with van der Waals surface area (Å²) in [5, 5.41) is 3.00. The highest BCUT2D eigenvalue weighted by molar-refractivity contribution is 7.89. The summed E-state index contributed by atoms with van der Waals surface area (Å²) in [4.78, 5) is 26.6. The Labute approximate surface area is 166 Å². The first kappa shape index (κ1) is 20.8. The van der Waals surface area contributed by atoms with Crippen molar-refractivity contribution in [1.82, 2.24) is 14.9 Å². The molecular weight excluding hydrogens is 378 g/mol. The van der Waals surface area contributed by atoms with E-state index < -0.39 is 10.0 Å². The number of sulfonamides is 1. The predicted octanol–water partition coefficient (Wildman–Crippen LogP) is 1.89. The average Bonchev–Trinajstić information content (AvgIpc) is 3.53. The van der Waals surface area contributed by atoms with Gasteiger partial charge in [-0.15, -0.1) is 0 Å². The topological polar surface area (TPSA) is 95.6 Å². The van der Waals surface area contributed by atoms with Crippen molar-refractivity contribution in [3.8, 4) is 0 Å². The van der Waals surface area contributed by atoms with Crippen molar-refractivity contribution in [2.75, 3.05) is 13.1 Å². The Balaban J connectivity index is 1.53. The SMILES string of the molecule is CCC(C)NS(=O)(=O)c1ccc(C(=O)NC2CCN(C(=O)C3CC3)CC2)cc1. The molecule has 28 heavy (non-hydrogen) atoms. The molecule has 1 heterocycles. The molecule has 1 aromatic carbocycles. The van der Waals surface area contributed by atoms with Gasteiger partial charge in [0.25, 0.3) is 5.91 Å². The smallest absolute Gasteiger partial charge is 0.251 e. The van der Waals surface area contributed by atoms with E-state index in [1.54, 1.807) is 0 Å². The molecule has 2 fully saturated rings. The third kappa shape index (κ3) is 5.11. The van der Waals surface area contributed by atoms with Crippen molar-refractivity contribution in [2.45, 2.75) is 62.9 Å². The Morgan fingerprint density at radius 2 is 1.71 bits per heavy atom. The number of rotatable bonds is 7. The van der Waals surface area contributed by atoms with Crippen molar-refractivity contribution in [1.29, 1.82) is 0 Å². The quantitative estimate of drug-likeness (QED) is 0.722. The molecule has 2 amide bonds. The minimum Gasteiger partial charge on any atom is -0.349 e. The summed E-state index contributed by atoms with van der Waals surface area (Å²) in [5.74, 6) is 0.272. The second-order valence-corrected chi connectivity index (χ2v) is 9.52. The van der Waals surface area contributed by atoms with E-state index in [0.29, 0.717) is 25.1 Å². The Bertz CT molecular complexity index is 810. The van der Waals surface area contributed by atoms with Crippen molar-refractivity contribution in [3.05, 3.63) is 29.8 Å². The fourth-order valence-electron chi connectivity index (χ4n) is 3.30.